The van der Waals surface area contributed by atoms with E-state index >= 15 is 0 Å². The number of carbonyl (C=O) groups excluding carboxylic acids is 6. The number of nitrogens with one attached hydrogen (secondary N) is 5. The summed E-state index contributed by atoms with van der Waals surface area (Å²) < 4.78 is 21.1. The van der Waals surface area contributed by atoms with Crippen molar-refractivity contribution in [3.05, 3.63) is 0 Å². The molecule has 0 rings (SSSR count). The smallest absolute Gasteiger partial charge is 0.303 e. The van der Waals surface area contributed by atoms with Crippen LogP contribution in [0.25, 0.3) is 0 Å². The highest BCUT2D eigenvalue weighted by atomic mass is 16.5. The molecule has 1 atom stereocenters. The third-order valence-electron chi connectivity index (χ3n) is 8.92. The Balaban J connectivity index is 3.47. The van der Waals surface area contributed by atoms with E-state index in [0.717, 1.165) is 38.5 Å². The van der Waals surface area contributed by atoms with Crippen molar-refractivity contribution in [2.24, 2.45) is 0 Å². The number of carboxylic acids is 2. The molecule has 346 valence electrons. The molecule has 0 heterocycles. The van der Waals surface area contributed by atoms with Crippen molar-refractivity contribution in [1.82, 2.24) is 26.6 Å². The number of aliphatic carboxylic acids is 2. The first-order valence-electron chi connectivity index (χ1n) is 21.6. The molecule has 0 aromatic heterocycles. The molecule has 0 bridgehead atoms. The van der Waals surface area contributed by atoms with E-state index in [1.165, 1.54) is 51.4 Å². The molecule has 0 aliphatic rings. The van der Waals surface area contributed by atoms with Crippen molar-refractivity contribution < 1.29 is 67.5 Å². The lowest BCUT2D eigenvalue weighted by Crippen LogP contribution is -2.43. The number of hydrogen-bond donors (Lipinski definition) is 7. The second-order valence-corrected chi connectivity index (χ2v) is 14.3. The van der Waals surface area contributed by atoms with Gasteiger partial charge in [0.15, 0.2) is 0 Å². The van der Waals surface area contributed by atoms with Gasteiger partial charge < -0.3 is 60.5 Å². The predicted octanol–water partition coefficient (Wildman–Crippen LogP) is 2.17. The Hall–Kier alpha value is -4.20. The Morgan fingerprint density at radius 1 is 0.417 bits per heavy atom. The fraction of sp³-hybridized carbons (Fsp3) is 0.805. The van der Waals surface area contributed by atoms with Gasteiger partial charge >= 0.3 is 11.9 Å². The van der Waals surface area contributed by atoms with E-state index in [-0.39, 0.29) is 89.8 Å². The highest BCUT2D eigenvalue weighted by Crippen LogP contribution is 2.14. The van der Waals surface area contributed by atoms with Crippen molar-refractivity contribution in [3.63, 3.8) is 0 Å². The number of ether oxygens (including phenoxy) is 4. The van der Waals surface area contributed by atoms with Gasteiger partial charge in [0.05, 0.1) is 52.2 Å². The van der Waals surface area contributed by atoms with Crippen LogP contribution >= 0.6 is 0 Å². The van der Waals surface area contributed by atoms with E-state index in [1.807, 2.05) is 0 Å². The number of hydrogen-bond acceptors (Lipinski definition) is 12. The fourth-order valence-corrected chi connectivity index (χ4v) is 5.62. The van der Waals surface area contributed by atoms with Gasteiger partial charge in [-0.15, -0.1) is 0 Å². The van der Waals surface area contributed by atoms with Gasteiger partial charge in [0.25, 0.3) is 0 Å². The highest BCUT2D eigenvalue weighted by Gasteiger charge is 2.14. The lowest BCUT2D eigenvalue weighted by molar-refractivity contribution is -0.138. The molecule has 0 aliphatic heterocycles. The SMILES string of the molecule is O=CC(CCC(=O)O)NC(=O)CNC(=O)COCCOCCNC(=O)COCCOCCNC(=O)CCCNC(=O)CCCCCCCCCCCCCCCCC(=O)O. The minimum atomic E-state index is -1.09. The molecule has 0 saturated heterocycles. The van der Waals surface area contributed by atoms with Crippen molar-refractivity contribution in [1.29, 1.82) is 0 Å². The Kier molecular flexibility index (Phi) is 38.6. The lowest BCUT2D eigenvalue weighted by atomic mass is 10.0. The maximum absolute atomic E-state index is 12.1. The zero-order chi connectivity index (χ0) is 44.3. The topological polar surface area (TPSA) is 274 Å². The Labute approximate surface area is 354 Å². The molecular formula is C41H73N5O14. The van der Waals surface area contributed by atoms with E-state index in [1.54, 1.807) is 0 Å². The molecule has 7 N–H and O–H groups in total. The average Bonchev–Trinajstić information content (AvgIpc) is 3.21. The quantitative estimate of drug-likeness (QED) is 0.0342. The summed E-state index contributed by atoms with van der Waals surface area (Å²) in [7, 11) is 0. The molecular weight excluding hydrogens is 786 g/mol. The van der Waals surface area contributed by atoms with Crippen LogP contribution in [0.1, 0.15) is 128 Å². The number of amides is 5. The van der Waals surface area contributed by atoms with Crippen LogP contribution in [0.4, 0.5) is 0 Å². The van der Waals surface area contributed by atoms with E-state index in [0.29, 0.717) is 45.2 Å². The van der Waals surface area contributed by atoms with Crippen LogP contribution in [-0.2, 0) is 57.3 Å². The molecule has 0 spiro atoms. The van der Waals surface area contributed by atoms with Gasteiger partial charge in [-0.25, -0.2) is 0 Å². The normalized spacial score (nSPS) is 11.3. The summed E-state index contributed by atoms with van der Waals surface area (Å²) in [5.41, 5.74) is 0. The second kappa shape index (κ2) is 41.5. The van der Waals surface area contributed by atoms with Crippen molar-refractivity contribution in [2.45, 2.75) is 134 Å². The molecule has 1 unspecified atom stereocenters. The van der Waals surface area contributed by atoms with Gasteiger partial charge in [0, 0.05) is 45.3 Å². The zero-order valence-electron chi connectivity index (χ0n) is 35.6. The fourth-order valence-electron chi connectivity index (χ4n) is 5.62. The molecule has 0 fully saturated rings. The summed E-state index contributed by atoms with van der Waals surface area (Å²) in [4.78, 5) is 91.5. The van der Waals surface area contributed by atoms with Crippen LogP contribution in [-0.4, -0.2) is 143 Å². The second-order valence-electron chi connectivity index (χ2n) is 14.3. The zero-order valence-corrected chi connectivity index (χ0v) is 35.6. The van der Waals surface area contributed by atoms with Gasteiger partial charge in [-0.2, -0.15) is 0 Å². The maximum atomic E-state index is 12.1. The minimum absolute atomic E-state index is 0.0225. The molecule has 19 heteroatoms. The molecule has 5 amide bonds. The van der Waals surface area contributed by atoms with E-state index in [2.05, 4.69) is 26.6 Å². The van der Waals surface area contributed by atoms with E-state index in [9.17, 15) is 38.4 Å². The van der Waals surface area contributed by atoms with Crippen LogP contribution in [0.3, 0.4) is 0 Å². The molecule has 0 aliphatic carbocycles. The Morgan fingerprint density at radius 2 is 0.817 bits per heavy atom. The van der Waals surface area contributed by atoms with Crippen LogP contribution < -0.4 is 26.6 Å². The minimum Gasteiger partial charge on any atom is -0.481 e. The summed E-state index contributed by atoms with van der Waals surface area (Å²) in [6.45, 7) is 1.35. The van der Waals surface area contributed by atoms with Crippen LogP contribution in [0, 0.1) is 0 Å². The Morgan fingerprint density at radius 3 is 1.30 bits per heavy atom. The van der Waals surface area contributed by atoms with Gasteiger partial charge in [-0.05, 0) is 25.7 Å². The number of carboxylic acid groups (broad SMARTS) is 2. The number of rotatable bonds is 44. The van der Waals surface area contributed by atoms with E-state index in [4.69, 9.17) is 29.2 Å². The summed E-state index contributed by atoms with van der Waals surface area (Å²) in [5, 5.41) is 30.2. The first-order valence-corrected chi connectivity index (χ1v) is 21.6. The monoisotopic (exact) mass is 860 g/mol. The summed E-state index contributed by atoms with van der Waals surface area (Å²) in [5.74, 6) is -3.43. The first kappa shape index (κ1) is 55.8. The van der Waals surface area contributed by atoms with E-state index < -0.39 is 36.3 Å². The summed E-state index contributed by atoms with van der Waals surface area (Å²) in [6.07, 6.45) is 17.7. The Bertz CT molecular complexity index is 1190. The average molecular weight is 860 g/mol. The highest BCUT2D eigenvalue weighted by molar-refractivity contribution is 5.86. The molecule has 0 radical (unpaired) electrons. The maximum Gasteiger partial charge on any atom is 0.303 e. The number of aldehydes is 1. The molecule has 0 aromatic carbocycles. The number of unbranched alkanes of at least 4 members (excludes halogenated alkanes) is 13. The summed E-state index contributed by atoms with van der Waals surface area (Å²) >= 11 is 0. The third kappa shape index (κ3) is 41.9. The van der Waals surface area contributed by atoms with Gasteiger partial charge in [-0.1, -0.05) is 77.0 Å². The van der Waals surface area contributed by atoms with Crippen molar-refractivity contribution in [3.8, 4) is 0 Å². The molecule has 0 saturated carbocycles. The predicted molar refractivity (Wildman–Crippen MR) is 221 cm³/mol. The number of carbonyl (C=O) groups is 8. The van der Waals surface area contributed by atoms with Gasteiger partial charge in [0.1, 0.15) is 19.5 Å². The largest absolute Gasteiger partial charge is 0.481 e. The molecule has 19 nitrogen and oxygen atoms in total. The van der Waals surface area contributed by atoms with Crippen LogP contribution in [0.15, 0.2) is 0 Å². The lowest BCUT2D eigenvalue weighted by Gasteiger charge is -2.12. The molecule has 0 aromatic rings. The van der Waals surface area contributed by atoms with Gasteiger partial charge in [0.2, 0.25) is 29.5 Å². The van der Waals surface area contributed by atoms with Crippen molar-refractivity contribution >= 4 is 47.8 Å². The van der Waals surface area contributed by atoms with Crippen LogP contribution in [0.5, 0.6) is 0 Å². The summed E-state index contributed by atoms with van der Waals surface area (Å²) in [6, 6.07) is -0.956. The third-order valence-corrected chi connectivity index (χ3v) is 8.92. The van der Waals surface area contributed by atoms with Gasteiger partial charge in [-0.3, -0.25) is 33.6 Å². The first-order chi connectivity index (χ1) is 29.0. The van der Waals surface area contributed by atoms with Crippen LogP contribution in [0.2, 0.25) is 0 Å². The molecule has 60 heavy (non-hydrogen) atoms. The van der Waals surface area contributed by atoms with Crippen molar-refractivity contribution in [2.75, 3.05) is 79.0 Å². The standard InChI is InChI=1S/C41H73N5O14/c47-31-34(19-20-41(55)56)46-37(50)30-45-39(52)33-60-29-27-58-25-23-44-38(51)32-59-28-26-57-24-22-43-36(49)17-15-21-42-35(48)16-13-11-9-7-5-3-1-2-4-6-8-10-12-14-18-40(53)54/h31,34H,1-30,32-33H2,(H,42,48)(H,43,49)(H,44,51)(H,45,52)(H,46,50)(H,53,54)(H,55,56).